The number of nitrogens with zero attached hydrogens (tertiary/aromatic N) is 2. The van der Waals surface area contributed by atoms with E-state index in [1.54, 1.807) is 11.3 Å². The first-order chi connectivity index (χ1) is 12.9. The molecule has 0 saturated heterocycles. The molecule has 1 aromatic rings. The second-order valence-corrected chi connectivity index (χ2v) is 9.73. The van der Waals surface area contributed by atoms with Gasteiger partial charge in [0.25, 0.3) is 0 Å². The third-order valence-corrected chi connectivity index (χ3v) is 6.33. The molecule has 0 spiro atoms. The van der Waals surface area contributed by atoms with Gasteiger partial charge in [-0.1, -0.05) is 40.0 Å². The number of aliphatic hydroxyl groups is 1. The molecule has 2 rings (SSSR count). The molecule has 0 radical (unpaired) electrons. The Balaban J connectivity index is 1.90. The summed E-state index contributed by atoms with van der Waals surface area (Å²) in [7, 11) is 0. The van der Waals surface area contributed by atoms with Crippen LogP contribution in [0.4, 0.5) is 0 Å². The number of hydrogen-bond acceptors (Lipinski definition) is 4. The van der Waals surface area contributed by atoms with E-state index >= 15 is 0 Å². The van der Waals surface area contributed by atoms with E-state index in [0.717, 1.165) is 38.4 Å². The van der Waals surface area contributed by atoms with E-state index in [0.29, 0.717) is 0 Å². The number of aromatic nitrogens is 1. The largest absolute Gasteiger partial charge is 0.396 e. The van der Waals surface area contributed by atoms with Gasteiger partial charge in [0.2, 0.25) is 0 Å². The Kier molecular flexibility index (Phi) is 8.55. The molecule has 1 aromatic heterocycles. The highest BCUT2D eigenvalue weighted by Crippen LogP contribution is 2.39. The third kappa shape index (κ3) is 7.07. The predicted molar refractivity (Wildman–Crippen MR) is 116 cm³/mol. The van der Waals surface area contributed by atoms with Crippen molar-refractivity contribution in [3.8, 4) is 0 Å². The topological polar surface area (TPSA) is 69.5 Å². The van der Waals surface area contributed by atoms with E-state index in [1.807, 2.05) is 0 Å². The average molecular weight is 395 g/mol. The second-order valence-electron chi connectivity index (χ2n) is 8.78. The van der Waals surface area contributed by atoms with Crippen molar-refractivity contribution >= 4 is 17.3 Å². The maximum atomic E-state index is 9.49. The maximum absolute atomic E-state index is 9.49. The fourth-order valence-corrected chi connectivity index (χ4v) is 4.70. The number of aliphatic imine (C=N–C) groups is 1. The quantitative estimate of drug-likeness (QED) is 0.462. The van der Waals surface area contributed by atoms with Crippen molar-refractivity contribution in [2.45, 2.75) is 78.1 Å². The Morgan fingerprint density at radius 2 is 2.00 bits per heavy atom. The number of aliphatic hydroxyl groups excluding tert-OH is 1. The molecular weight excluding hydrogens is 356 g/mol. The standard InChI is InChI=1S/C21H38N4OS/c1-5-22-19(24-16-21(12-14-26)10-7-6-8-11-21)23-13-9-18-25-17(15-27-18)20(2,3)4/h15,26H,5-14,16H2,1-4H3,(H2,22,23,24). The van der Waals surface area contributed by atoms with Crippen LogP contribution in [0.15, 0.2) is 10.4 Å². The van der Waals surface area contributed by atoms with Crippen molar-refractivity contribution < 1.29 is 5.11 Å². The van der Waals surface area contributed by atoms with Gasteiger partial charge in [-0.05, 0) is 31.6 Å². The molecule has 0 bridgehead atoms. The lowest BCUT2D eigenvalue weighted by Gasteiger charge is -2.35. The van der Waals surface area contributed by atoms with E-state index < -0.39 is 0 Å². The van der Waals surface area contributed by atoms with E-state index in [2.05, 4.69) is 43.7 Å². The molecule has 0 amide bonds. The Morgan fingerprint density at radius 1 is 1.26 bits per heavy atom. The first-order valence-corrected chi connectivity index (χ1v) is 11.3. The third-order valence-electron chi connectivity index (χ3n) is 5.42. The van der Waals surface area contributed by atoms with Gasteiger partial charge in [0.1, 0.15) is 0 Å². The van der Waals surface area contributed by atoms with Crippen LogP contribution in [-0.4, -0.2) is 42.3 Å². The highest BCUT2D eigenvalue weighted by molar-refractivity contribution is 7.09. The summed E-state index contributed by atoms with van der Waals surface area (Å²) in [6.45, 7) is 11.4. The molecule has 1 fully saturated rings. The summed E-state index contributed by atoms with van der Waals surface area (Å²) < 4.78 is 0. The summed E-state index contributed by atoms with van der Waals surface area (Å²) in [5.41, 5.74) is 1.47. The minimum atomic E-state index is 0.111. The SMILES string of the molecule is CCNC(=NCC1(CCO)CCCCC1)NCCc1nc(C(C)(C)C)cs1. The summed E-state index contributed by atoms with van der Waals surface area (Å²) in [5.74, 6) is 0.882. The van der Waals surface area contributed by atoms with Crippen LogP contribution >= 0.6 is 11.3 Å². The van der Waals surface area contributed by atoms with Crippen LogP contribution in [-0.2, 0) is 11.8 Å². The minimum Gasteiger partial charge on any atom is -0.396 e. The van der Waals surface area contributed by atoms with Gasteiger partial charge in [-0.3, -0.25) is 4.99 Å². The first kappa shape index (κ1) is 22.2. The van der Waals surface area contributed by atoms with Crippen LogP contribution in [0, 0.1) is 5.41 Å². The monoisotopic (exact) mass is 394 g/mol. The van der Waals surface area contributed by atoms with Crippen molar-refractivity contribution in [1.29, 1.82) is 0 Å². The fourth-order valence-electron chi connectivity index (χ4n) is 3.67. The summed E-state index contributed by atoms with van der Waals surface area (Å²) in [5, 5.41) is 19.7. The summed E-state index contributed by atoms with van der Waals surface area (Å²) >= 11 is 1.74. The van der Waals surface area contributed by atoms with Gasteiger partial charge in [0.15, 0.2) is 5.96 Å². The van der Waals surface area contributed by atoms with Gasteiger partial charge in [-0.2, -0.15) is 0 Å². The molecule has 1 saturated carbocycles. The molecule has 6 heteroatoms. The Morgan fingerprint density at radius 3 is 2.59 bits per heavy atom. The van der Waals surface area contributed by atoms with Crippen molar-refractivity contribution in [3.63, 3.8) is 0 Å². The molecule has 1 aliphatic rings. The molecule has 27 heavy (non-hydrogen) atoms. The van der Waals surface area contributed by atoms with Crippen LogP contribution in [0.1, 0.15) is 76.9 Å². The first-order valence-electron chi connectivity index (χ1n) is 10.5. The molecule has 0 aromatic carbocycles. The normalized spacial score (nSPS) is 17.7. The summed E-state index contributed by atoms with van der Waals surface area (Å²) in [6.07, 6.45) is 7.99. The fraction of sp³-hybridized carbons (Fsp3) is 0.810. The lowest BCUT2D eigenvalue weighted by molar-refractivity contribution is 0.137. The molecule has 154 valence electrons. The van der Waals surface area contributed by atoms with Gasteiger partial charge < -0.3 is 15.7 Å². The molecule has 1 aliphatic carbocycles. The number of thiazole rings is 1. The zero-order valence-corrected chi connectivity index (χ0v) is 18.4. The highest BCUT2D eigenvalue weighted by atomic mass is 32.1. The van der Waals surface area contributed by atoms with Crippen LogP contribution in [0.25, 0.3) is 0 Å². The van der Waals surface area contributed by atoms with Crippen molar-refractivity contribution in [1.82, 2.24) is 15.6 Å². The van der Waals surface area contributed by atoms with E-state index in [1.165, 1.54) is 42.8 Å². The van der Waals surface area contributed by atoms with Gasteiger partial charge >= 0.3 is 0 Å². The molecule has 0 atom stereocenters. The minimum absolute atomic E-state index is 0.111. The smallest absolute Gasteiger partial charge is 0.191 e. The lowest BCUT2D eigenvalue weighted by atomic mass is 9.72. The van der Waals surface area contributed by atoms with Gasteiger partial charge in [-0.15, -0.1) is 11.3 Å². The van der Waals surface area contributed by atoms with Crippen molar-refractivity contribution in [3.05, 3.63) is 16.1 Å². The average Bonchev–Trinajstić information content (AvgIpc) is 3.10. The lowest BCUT2D eigenvalue weighted by Crippen LogP contribution is -2.40. The van der Waals surface area contributed by atoms with Gasteiger partial charge in [-0.25, -0.2) is 4.98 Å². The van der Waals surface area contributed by atoms with Crippen LogP contribution in [0.2, 0.25) is 0 Å². The number of guanidine groups is 1. The van der Waals surface area contributed by atoms with E-state index in [9.17, 15) is 5.11 Å². The Bertz CT molecular complexity index is 580. The molecule has 0 aliphatic heterocycles. The van der Waals surface area contributed by atoms with Crippen LogP contribution in [0.5, 0.6) is 0 Å². The van der Waals surface area contributed by atoms with Crippen molar-refractivity contribution in [2.24, 2.45) is 10.4 Å². The molecule has 3 N–H and O–H groups in total. The highest BCUT2D eigenvalue weighted by Gasteiger charge is 2.31. The maximum Gasteiger partial charge on any atom is 0.191 e. The molecular formula is C21H38N4OS. The zero-order valence-electron chi connectivity index (χ0n) is 17.6. The van der Waals surface area contributed by atoms with E-state index in [-0.39, 0.29) is 17.4 Å². The summed E-state index contributed by atoms with van der Waals surface area (Å²) in [4.78, 5) is 9.64. The Hall–Kier alpha value is -1.14. The van der Waals surface area contributed by atoms with Gasteiger partial charge in [0.05, 0.1) is 10.7 Å². The van der Waals surface area contributed by atoms with Crippen LogP contribution < -0.4 is 10.6 Å². The number of hydrogen-bond donors (Lipinski definition) is 3. The predicted octanol–water partition coefficient (Wildman–Crippen LogP) is 3.87. The summed E-state index contributed by atoms with van der Waals surface area (Å²) in [6, 6.07) is 0. The number of nitrogens with one attached hydrogen (secondary N) is 2. The van der Waals surface area contributed by atoms with Crippen LogP contribution in [0.3, 0.4) is 0 Å². The van der Waals surface area contributed by atoms with E-state index in [4.69, 9.17) is 9.98 Å². The molecule has 1 heterocycles. The second kappa shape index (κ2) is 10.4. The molecule has 0 unspecified atom stereocenters. The van der Waals surface area contributed by atoms with Gasteiger partial charge in [0, 0.05) is 43.5 Å². The number of rotatable bonds is 8. The zero-order chi connectivity index (χ0) is 19.8. The van der Waals surface area contributed by atoms with Crippen molar-refractivity contribution in [2.75, 3.05) is 26.2 Å². The molecule has 5 nitrogen and oxygen atoms in total. The Labute approximate surface area is 169 Å².